The van der Waals surface area contributed by atoms with Gasteiger partial charge in [-0.2, -0.15) is 4.98 Å². The van der Waals surface area contributed by atoms with E-state index in [2.05, 4.69) is 44.6 Å². The lowest BCUT2D eigenvalue weighted by Crippen LogP contribution is -2.17. The van der Waals surface area contributed by atoms with Crippen molar-refractivity contribution in [1.82, 2.24) is 19.9 Å². The molecule has 3 rings (SSSR count). The van der Waals surface area contributed by atoms with Crippen LogP contribution >= 0.6 is 0 Å². The Kier molecular flexibility index (Phi) is 7.35. The molecule has 0 saturated heterocycles. The van der Waals surface area contributed by atoms with Gasteiger partial charge in [0.1, 0.15) is 11.6 Å². The Labute approximate surface area is 172 Å². The Hall–Kier alpha value is -3.19. The SMILES string of the molecule is COc1ccccc1CNc1cc(-c2ccccn2)nc(NCCCN(C)C)n1. The topological polar surface area (TPSA) is 75.2 Å². The van der Waals surface area contributed by atoms with Gasteiger partial charge >= 0.3 is 0 Å². The molecule has 0 saturated carbocycles. The molecule has 1 aromatic carbocycles. The minimum Gasteiger partial charge on any atom is -0.496 e. The highest BCUT2D eigenvalue weighted by atomic mass is 16.5. The molecule has 0 radical (unpaired) electrons. The van der Waals surface area contributed by atoms with Crippen LogP contribution in [-0.2, 0) is 6.54 Å². The van der Waals surface area contributed by atoms with Crippen molar-refractivity contribution in [3.05, 3.63) is 60.3 Å². The third-order valence-electron chi connectivity index (χ3n) is 4.37. The minimum atomic E-state index is 0.592. The van der Waals surface area contributed by atoms with Crippen LogP contribution in [0.15, 0.2) is 54.7 Å². The number of hydrogen-bond acceptors (Lipinski definition) is 7. The summed E-state index contributed by atoms with van der Waals surface area (Å²) in [5.74, 6) is 2.18. The van der Waals surface area contributed by atoms with Crippen molar-refractivity contribution in [3.63, 3.8) is 0 Å². The fourth-order valence-electron chi connectivity index (χ4n) is 2.89. The van der Waals surface area contributed by atoms with Crippen LogP contribution in [-0.4, -0.2) is 54.1 Å². The lowest BCUT2D eigenvalue weighted by molar-refractivity contribution is 0.405. The van der Waals surface area contributed by atoms with E-state index < -0.39 is 0 Å². The van der Waals surface area contributed by atoms with Gasteiger partial charge in [0.05, 0.1) is 18.5 Å². The molecule has 2 N–H and O–H groups in total. The van der Waals surface area contributed by atoms with Gasteiger partial charge in [-0.05, 0) is 45.3 Å². The minimum absolute atomic E-state index is 0.592. The number of nitrogens with one attached hydrogen (secondary N) is 2. The van der Waals surface area contributed by atoms with Crippen molar-refractivity contribution in [2.45, 2.75) is 13.0 Å². The van der Waals surface area contributed by atoms with Gasteiger partial charge in [0.25, 0.3) is 0 Å². The Balaban J connectivity index is 1.78. The molecule has 7 heteroatoms. The molecule has 2 aromatic heterocycles. The second kappa shape index (κ2) is 10.4. The summed E-state index contributed by atoms with van der Waals surface area (Å²) in [7, 11) is 5.81. The molecule has 0 bridgehead atoms. The van der Waals surface area contributed by atoms with Gasteiger partial charge in [0.2, 0.25) is 5.95 Å². The zero-order valence-electron chi connectivity index (χ0n) is 17.2. The Morgan fingerprint density at radius 1 is 0.966 bits per heavy atom. The molecule has 0 unspecified atom stereocenters. The lowest BCUT2D eigenvalue weighted by atomic mass is 10.2. The summed E-state index contributed by atoms with van der Waals surface area (Å²) in [4.78, 5) is 15.9. The number of pyridine rings is 1. The summed E-state index contributed by atoms with van der Waals surface area (Å²) in [6.45, 7) is 2.41. The number of para-hydroxylation sites is 1. The highest BCUT2D eigenvalue weighted by molar-refractivity contribution is 5.61. The smallest absolute Gasteiger partial charge is 0.225 e. The van der Waals surface area contributed by atoms with Gasteiger partial charge < -0.3 is 20.3 Å². The van der Waals surface area contributed by atoms with Crippen LogP contribution in [0.5, 0.6) is 5.75 Å². The number of nitrogens with zero attached hydrogens (tertiary/aromatic N) is 4. The van der Waals surface area contributed by atoms with Gasteiger partial charge in [-0.15, -0.1) is 0 Å². The maximum Gasteiger partial charge on any atom is 0.225 e. The Morgan fingerprint density at radius 3 is 2.55 bits per heavy atom. The van der Waals surface area contributed by atoms with E-state index in [1.807, 2.05) is 48.5 Å². The molecule has 3 aromatic rings. The van der Waals surface area contributed by atoms with Crippen LogP contribution in [0.2, 0.25) is 0 Å². The summed E-state index contributed by atoms with van der Waals surface area (Å²) in [6.07, 6.45) is 2.78. The summed E-state index contributed by atoms with van der Waals surface area (Å²) >= 11 is 0. The monoisotopic (exact) mass is 392 g/mol. The number of hydrogen-bond donors (Lipinski definition) is 2. The van der Waals surface area contributed by atoms with Crippen LogP contribution in [0.4, 0.5) is 11.8 Å². The van der Waals surface area contributed by atoms with Crippen molar-refractivity contribution in [2.24, 2.45) is 0 Å². The van der Waals surface area contributed by atoms with E-state index in [4.69, 9.17) is 4.74 Å². The Morgan fingerprint density at radius 2 is 1.79 bits per heavy atom. The zero-order valence-corrected chi connectivity index (χ0v) is 17.2. The van der Waals surface area contributed by atoms with Crippen LogP contribution in [0.1, 0.15) is 12.0 Å². The first kappa shape index (κ1) is 20.5. The number of benzene rings is 1. The molecular weight excluding hydrogens is 364 g/mol. The molecule has 0 spiro atoms. The average Bonchev–Trinajstić information content (AvgIpc) is 2.76. The molecule has 0 fully saturated rings. The molecule has 0 atom stereocenters. The van der Waals surface area contributed by atoms with Crippen molar-refractivity contribution in [3.8, 4) is 17.1 Å². The summed E-state index contributed by atoms with van der Waals surface area (Å²) in [6, 6.07) is 15.7. The second-order valence-electron chi connectivity index (χ2n) is 6.93. The third-order valence-corrected chi connectivity index (χ3v) is 4.37. The van der Waals surface area contributed by atoms with E-state index in [0.29, 0.717) is 12.5 Å². The maximum atomic E-state index is 5.44. The maximum absolute atomic E-state index is 5.44. The van der Waals surface area contributed by atoms with Crippen molar-refractivity contribution in [1.29, 1.82) is 0 Å². The predicted octanol–water partition coefficient (Wildman–Crippen LogP) is 3.52. The molecule has 0 aliphatic rings. The zero-order chi connectivity index (χ0) is 20.5. The van der Waals surface area contributed by atoms with Crippen molar-refractivity contribution in [2.75, 3.05) is 44.9 Å². The first-order chi connectivity index (χ1) is 14.2. The standard InChI is InChI=1S/C22H28N6O/c1-28(2)14-8-13-24-22-26-19(18-10-6-7-12-23-18)15-21(27-22)25-16-17-9-4-5-11-20(17)29-3/h4-7,9-12,15H,8,13-14,16H2,1-3H3,(H2,24,25,26,27). The van der Waals surface area contributed by atoms with E-state index in [-0.39, 0.29) is 0 Å². The number of aromatic nitrogens is 3. The van der Waals surface area contributed by atoms with Crippen LogP contribution in [0.3, 0.4) is 0 Å². The third kappa shape index (κ3) is 6.15. The summed E-state index contributed by atoms with van der Waals surface area (Å²) < 4.78 is 5.44. The van der Waals surface area contributed by atoms with E-state index in [9.17, 15) is 0 Å². The number of methoxy groups -OCH3 is 1. The van der Waals surface area contributed by atoms with Crippen LogP contribution < -0.4 is 15.4 Å². The molecule has 2 heterocycles. The average molecular weight is 393 g/mol. The fraction of sp³-hybridized carbons (Fsp3) is 0.318. The van der Waals surface area contributed by atoms with Crippen molar-refractivity contribution < 1.29 is 4.74 Å². The Bertz CT molecular complexity index is 901. The molecule has 152 valence electrons. The first-order valence-electron chi connectivity index (χ1n) is 9.70. The highest BCUT2D eigenvalue weighted by Gasteiger charge is 2.09. The van der Waals surface area contributed by atoms with Gasteiger partial charge in [-0.1, -0.05) is 24.3 Å². The highest BCUT2D eigenvalue weighted by Crippen LogP contribution is 2.22. The van der Waals surface area contributed by atoms with Crippen LogP contribution in [0, 0.1) is 0 Å². The first-order valence-corrected chi connectivity index (χ1v) is 9.70. The van der Waals surface area contributed by atoms with E-state index in [0.717, 1.165) is 48.0 Å². The van der Waals surface area contributed by atoms with E-state index >= 15 is 0 Å². The molecular formula is C22H28N6O. The van der Waals surface area contributed by atoms with E-state index in [1.165, 1.54) is 0 Å². The summed E-state index contributed by atoms with van der Waals surface area (Å²) in [5, 5.41) is 6.72. The van der Waals surface area contributed by atoms with Crippen molar-refractivity contribution >= 4 is 11.8 Å². The molecule has 0 aliphatic heterocycles. The summed E-state index contributed by atoms with van der Waals surface area (Å²) in [5.41, 5.74) is 2.65. The van der Waals surface area contributed by atoms with Gasteiger partial charge in [0.15, 0.2) is 0 Å². The predicted molar refractivity (Wildman–Crippen MR) is 117 cm³/mol. The van der Waals surface area contributed by atoms with E-state index in [1.54, 1.807) is 13.3 Å². The molecule has 7 nitrogen and oxygen atoms in total. The second-order valence-corrected chi connectivity index (χ2v) is 6.93. The van der Waals surface area contributed by atoms with Gasteiger partial charge in [-0.25, -0.2) is 4.98 Å². The molecule has 0 amide bonds. The quantitative estimate of drug-likeness (QED) is 0.511. The fourth-order valence-corrected chi connectivity index (χ4v) is 2.89. The van der Waals surface area contributed by atoms with Gasteiger partial charge in [0, 0.05) is 30.9 Å². The van der Waals surface area contributed by atoms with Crippen LogP contribution in [0.25, 0.3) is 11.4 Å². The van der Waals surface area contributed by atoms with Gasteiger partial charge in [-0.3, -0.25) is 4.98 Å². The number of rotatable bonds is 10. The normalized spacial score (nSPS) is 10.8. The lowest BCUT2D eigenvalue weighted by Gasteiger charge is -2.13. The molecule has 0 aliphatic carbocycles. The number of ether oxygens (including phenoxy) is 1. The largest absolute Gasteiger partial charge is 0.496 e. The number of anilines is 2. The molecule has 29 heavy (non-hydrogen) atoms.